The number of rotatable bonds is 6. The lowest BCUT2D eigenvalue weighted by Gasteiger charge is -2.26. The van der Waals surface area contributed by atoms with Crippen molar-refractivity contribution in [2.24, 2.45) is 5.92 Å². The van der Waals surface area contributed by atoms with Gasteiger partial charge in [-0.3, -0.25) is 0 Å². The van der Waals surface area contributed by atoms with E-state index < -0.39 is 0 Å². The highest BCUT2D eigenvalue weighted by molar-refractivity contribution is 5.86. The summed E-state index contributed by atoms with van der Waals surface area (Å²) in [6.07, 6.45) is 3.71. The van der Waals surface area contributed by atoms with Gasteiger partial charge in [-0.2, -0.15) is 0 Å². The number of fused-ring (bicyclic) bond motifs is 2. The van der Waals surface area contributed by atoms with Gasteiger partial charge in [0.2, 0.25) is 0 Å². The number of anilines is 1. The predicted octanol–water partition coefficient (Wildman–Crippen LogP) is 5.56. The summed E-state index contributed by atoms with van der Waals surface area (Å²) in [5.74, 6) is 0.750. The second-order valence-electron chi connectivity index (χ2n) is 7.49. The summed E-state index contributed by atoms with van der Waals surface area (Å²) in [6, 6.07) is 24.4. The van der Waals surface area contributed by atoms with E-state index in [2.05, 4.69) is 84.3 Å². The van der Waals surface area contributed by atoms with Gasteiger partial charge in [0.15, 0.2) is 0 Å². The molecule has 0 saturated heterocycles. The van der Waals surface area contributed by atoms with Crippen molar-refractivity contribution in [3.05, 3.63) is 77.9 Å². The lowest BCUT2D eigenvalue weighted by atomic mass is 9.90. The van der Waals surface area contributed by atoms with Crippen molar-refractivity contribution >= 4 is 16.5 Å². The number of hydrogen-bond acceptors (Lipinski definition) is 2. The van der Waals surface area contributed by atoms with Crippen LogP contribution in [0.15, 0.2) is 66.7 Å². The van der Waals surface area contributed by atoms with Gasteiger partial charge in [0.05, 0.1) is 0 Å². The van der Waals surface area contributed by atoms with Crippen LogP contribution >= 0.6 is 0 Å². The second kappa shape index (κ2) is 7.92. The van der Waals surface area contributed by atoms with Crippen LogP contribution in [0, 0.1) is 5.92 Å². The Morgan fingerprint density at radius 2 is 1.81 bits per heavy atom. The number of nitrogens with one attached hydrogen (secondary N) is 2. The minimum absolute atomic E-state index is 0.381. The number of para-hydroxylation sites is 1. The summed E-state index contributed by atoms with van der Waals surface area (Å²) in [7, 11) is 0. The molecule has 0 radical (unpaired) electrons. The number of hydrogen-bond donors (Lipinski definition) is 2. The molecular formula is C24H28N2. The Morgan fingerprint density at radius 1 is 1.00 bits per heavy atom. The molecule has 1 heterocycles. The molecule has 0 bridgehead atoms. The Balaban J connectivity index is 1.28. The van der Waals surface area contributed by atoms with Gasteiger partial charge in [0.1, 0.15) is 0 Å². The Labute approximate surface area is 156 Å². The predicted molar refractivity (Wildman–Crippen MR) is 112 cm³/mol. The zero-order valence-electron chi connectivity index (χ0n) is 15.5. The molecule has 1 unspecified atom stereocenters. The van der Waals surface area contributed by atoms with Crippen LogP contribution in [0.5, 0.6) is 0 Å². The minimum atomic E-state index is 0.381. The fraction of sp³-hybridized carbons (Fsp3) is 0.333. The maximum atomic E-state index is 3.73. The van der Waals surface area contributed by atoms with Gasteiger partial charge < -0.3 is 10.6 Å². The molecule has 2 nitrogen and oxygen atoms in total. The standard InChI is InChI=1S/C24H28N2/c1-18(22-13-6-11-20-9-2-4-12-23(20)22)25-15-7-8-19-16-21-10-3-5-14-24(21)26-17-19/h2-6,9-14,18-19,25-26H,7-8,15-17H2,1H3/t18-,19?/m1/s1. The van der Waals surface area contributed by atoms with E-state index in [9.17, 15) is 0 Å². The molecule has 2 atom stereocenters. The van der Waals surface area contributed by atoms with Crippen LogP contribution in [0.3, 0.4) is 0 Å². The largest absolute Gasteiger partial charge is 0.385 e. The van der Waals surface area contributed by atoms with Gasteiger partial charge in [-0.25, -0.2) is 0 Å². The van der Waals surface area contributed by atoms with Gasteiger partial charge in [-0.15, -0.1) is 0 Å². The normalized spacial score (nSPS) is 17.5. The smallest absolute Gasteiger partial charge is 0.0372 e. The van der Waals surface area contributed by atoms with Crippen molar-refractivity contribution in [1.82, 2.24) is 5.32 Å². The van der Waals surface area contributed by atoms with Gasteiger partial charge in [-0.1, -0.05) is 60.7 Å². The topological polar surface area (TPSA) is 24.1 Å². The monoisotopic (exact) mass is 344 g/mol. The summed E-state index contributed by atoms with van der Waals surface area (Å²) in [6.45, 7) is 4.46. The molecule has 1 aliphatic rings. The van der Waals surface area contributed by atoms with E-state index in [0.717, 1.165) is 19.0 Å². The van der Waals surface area contributed by atoms with Crippen LogP contribution < -0.4 is 10.6 Å². The molecule has 0 saturated carbocycles. The van der Waals surface area contributed by atoms with Crippen LogP contribution in [0.2, 0.25) is 0 Å². The molecule has 1 aliphatic heterocycles. The molecule has 0 fully saturated rings. The molecular weight excluding hydrogens is 316 g/mol. The van der Waals surface area contributed by atoms with Crippen LogP contribution in [0.4, 0.5) is 5.69 Å². The summed E-state index contributed by atoms with van der Waals surface area (Å²) >= 11 is 0. The molecule has 134 valence electrons. The van der Waals surface area contributed by atoms with Crippen molar-refractivity contribution in [3.63, 3.8) is 0 Å². The fourth-order valence-electron chi connectivity index (χ4n) is 4.16. The van der Waals surface area contributed by atoms with Crippen molar-refractivity contribution in [1.29, 1.82) is 0 Å². The maximum absolute atomic E-state index is 3.73. The Kier molecular flexibility index (Phi) is 5.21. The van der Waals surface area contributed by atoms with E-state index in [-0.39, 0.29) is 0 Å². The Morgan fingerprint density at radius 3 is 2.77 bits per heavy atom. The summed E-state index contributed by atoms with van der Waals surface area (Å²) in [4.78, 5) is 0. The third-order valence-corrected chi connectivity index (χ3v) is 5.64. The van der Waals surface area contributed by atoms with E-state index in [1.54, 1.807) is 0 Å². The Bertz CT molecular complexity index is 865. The average molecular weight is 345 g/mol. The van der Waals surface area contributed by atoms with Crippen molar-refractivity contribution in [2.45, 2.75) is 32.2 Å². The highest BCUT2D eigenvalue weighted by Crippen LogP contribution is 2.27. The molecule has 0 aromatic heterocycles. The van der Waals surface area contributed by atoms with Crippen LogP contribution in [-0.4, -0.2) is 13.1 Å². The summed E-state index contributed by atoms with van der Waals surface area (Å²) in [5, 5.41) is 10.0. The van der Waals surface area contributed by atoms with Gasteiger partial charge >= 0.3 is 0 Å². The highest BCUT2D eigenvalue weighted by Gasteiger charge is 2.17. The first-order chi connectivity index (χ1) is 12.8. The van der Waals surface area contributed by atoms with Gasteiger partial charge in [-0.05, 0) is 66.6 Å². The average Bonchev–Trinajstić information content (AvgIpc) is 2.70. The van der Waals surface area contributed by atoms with E-state index in [1.165, 1.54) is 46.8 Å². The number of benzene rings is 3. The Hall–Kier alpha value is -2.32. The molecule has 3 aromatic rings. The fourth-order valence-corrected chi connectivity index (χ4v) is 4.16. The quantitative estimate of drug-likeness (QED) is 0.572. The zero-order valence-corrected chi connectivity index (χ0v) is 15.5. The van der Waals surface area contributed by atoms with Crippen LogP contribution in [0.1, 0.15) is 36.9 Å². The zero-order chi connectivity index (χ0) is 17.8. The van der Waals surface area contributed by atoms with Crippen molar-refractivity contribution in [3.8, 4) is 0 Å². The molecule has 0 amide bonds. The third-order valence-electron chi connectivity index (χ3n) is 5.64. The van der Waals surface area contributed by atoms with E-state index in [0.29, 0.717) is 6.04 Å². The molecule has 4 rings (SSSR count). The van der Waals surface area contributed by atoms with Crippen molar-refractivity contribution in [2.75, 3.05) is 18.4 Å². The molecule has 0 spiro atoms. The van der Waals surface area contributed by atoms with Gasteiger partial charge in [0, 0.05) is 18.3 Å². The molecule has 0 aliphatic carbocycles. The molecule has 26 heavy (non-hydrogen) atoms. The lowest BCUT2D eigenvalue weighted by Crippen LogP contribution is -2.25. The van der Waals surface area contributed by atoms with Crippen LogP contribution in [-0.2, 0) is 6.42 Å². The molecule has 2 heteroatoms. The maximum Gasteiger partial charge on any atom is 0.0372 e. The first-order valence-corrected chi connectivity index (χ1v) is 9.84. The molecule has 3 aromatic carbocycles. The first-order valence-electron chi connectivity index (χ1n) is 9.84. The summed E-state index contributed by atoms with van der Waals surface area (Å²) < 4.78 is 0. The highest BCUT2D eigenvalue weighted by atomic mass is 14.9. The van der Waals surface area contributed by atoms with E-state index in [1.807, 2.05) is 0 Å². The second-order valence-corrected chi connectivity index (χ2v) is 7.49. The third kappa shape index (κ3) is 3.76. The van der Waals surface area contributed by atoms with Gasteiger partial charge in [0.25, 0.3) is 0 Å². The first kappa shape index (κ1) is 17.1. The SMILES string of the molecule is C[C@@H](NCCCC1CNc2ccccc2C1)c1cccc2ccccc12. The lowest BCUT2D eigenvalue weighted by molar-refractivity contribution is 0.453. The summed E-state index contributed by atoms with van der Waals surface area (Å²) in [5.41, 5.74) is 4.20. The minimum Gasteiger partial charge on any atom is -0.385 e. The molecule has 2 N–H and O–H groups in total. The van der Waals surface area contributed by atoms with Crippen molar-refractivity contribution < 1.29 is 0 Å². The van der Waals surface area contributed by atoms with E-state index >= 15 is 0 Å². The van der Waals surface area contributed by atoms with Crippen LogP contribution in [0.25, 0.3) is 10.8 Å². The van der Waals surface area contributed by atoms with E-state index in [4.69, 9.17) is 0 Å².